The highest BCUT2D eigenvalue weighted by molar-refractivity contribution is 7.53. The second-order valence-electron chi connectivity index (χ2n) is 5.89. The van der Waals surface area contributed by atoms with Gasteiger partial charge in [-0.05, 0) is 27.7 Å². The van der Waals surface area contributed by atoms with Crippen molar-refractivity contribution in [1.29, 1.82) is 5.26 Å². The van der Waals surface area contributed by atoms with Crippen LogP contribution >= 0.6 is 7.60 Å². The maximum absolute atomic E-state index is 12.6. The summed E-state index contributed by atoms with van der Waals surface area (Å²) in [5.74, 6) is 0.163. The molecule has 0 aliphatic rings. The molecule has 0 amide bonds. The van der Waals surface area contributed by atoms with E-state index < -0.39 is 7.60 Å². The summed E-state index contributed by atoms with van der Waals surface area (Å²) < 4.78 is 34.2. The van der Waals surface area contributed by atoms with Crippen molar-refractivity contribution in [3.05, 3.63) is 5.56 Å². The van der Waals surface area contributed by atoms with Gasteiger partial charge in [-0.2, -0.15) is 15.2 Å². The van der Waals surface area contributed by atoms with Gasteiger partial charge in [0.05, 0.1) is 36.9 Å². The van der Waals surface area contributed by atoms with Crippen LogP contribution in [0.4, 0.5) is 11.8 Å². The largest absolute Gasteiger partial charge is 0.475 e. The van der Waals surface area contributed by atoms with Crippen LogP contribution in [0.2, 0.25) is 0 Å². The van der Waals surface area contributed by atoms with Gasteiger partial charge in [0, 0.05) is 0 Å². The van der Waals surface area contributed by atoms with Crippen molar-refractivity contribution in [1.82, 2.24) is 9.97 Å². The Bertz CT molecular complexity index is 663. The van der Waals surface area contributed by atoms with Gasteiger partial charge in [-0.1, -0.05) is 0 Å². The van der Waals surface area contributed by atoms with Crippen molar-refractivity contribution in [3.8, 4) is 11.9 Å². The highest BCUT2D eigenvalue weighted by atomic mass is 31.2. The standard InChI is InChI=1S/C15H26N5O5P/c1-10(2)24-26(21,25-11(3)4)9-22-7-8-23-14-12(5-6-16)13(17)19-15(18)20-14/h10-11H,5,7-9H2,1-4H3,(H4,17,18,19,20). The Balaban J connectivity index is 2.59. The van der Waals surface area contributed by atoms with E-state index >= 15 is 0 Å². The lowest BCUT2D eigenvalue weighted by molar-refractivity contribution is 0.0843. The zero-order valence-electron chi connectivity index (χ0n) is 15.5. The van der Waals surface area contributed by atoms with Crippen molar-refractivity contribution in [2.75, 3.05) is 31.0 Å². The number of nitrogen functional groups attached to an aromatic ring is 2. The van der Waals surface area contributed by atoms with Gasteiger partial charge < -0.3 is 30.0 Å². The fourth-order valence-electron chi connectivity index (χ4n) is 1.96. The van der Waals surface area contributed by atoms with Gasteiger partial charge in [-0.3, -0.25) is 4.57 Å². The lowest BCUT2D eigenvalue weighted by atomic mass is 10.2. The molecule has 1 rings (SSSR count). The first-order chi connectivity index (χ1) is 12.2. The predicted molar refractivity (Wildman–Crippen MR) is 96.5 cm³/mol. The maximum Gasteiger partial charge on any atom is 0.356 e. The van der Waals surface area contributed by atoms with Crippen LogP contribution in [0.5, 0.6) is 5.88 Å². The first-order valence-corrected chi connectivity index (χ1v) is 9.85. The number of anilines is 2. The molecular formula is C15H26N5O5P. The number of hydrogen-bond donors (Lipinski definition) is 2. The van der Waals surface area contributed by atoms with Crippen LogP contribution in [0.1, 0.15) is 33.3 Å². The summed E-state index contributed by atoms with van der Waals surface area (Å²) in [6, 6.07) is 1.96. The van der Waals surface area contributed by atoms with E-state index in [1.54, 1.807) is 27.7 Å². The third-order valence-electron chi connectivity index (χ3n) is 2.73. The van der Waals surface area contributed by atoms with Gasteiger partial charge in [0.25, 0.3) is 0 Å². The van der Waals surface area contributed by atoms with E-state index in [1.165, 1.54) is 0 Å². The van der Waals surface area contributed by atoms with Crippen LogP contribution in [0.3, 0.4) is 0 Å². The second kappa shape index (κ2) is 10.3. The lowest BCUT2D eigenvalue weighted by Gasteiger charge is -2.22. The maximum atomic E-state index is 12.6. The Kier molecular flexibility index (Phi) is 8.75. The van der Waals surface area contributed by atoms with Gasteiger partial charge in [0.1, 0.15) is 18.8 Å². The third-order valence-corrected chi connectivity index (χ3v) is 4.72. The van der Waals surface area contributed by atoms with Gasteiger partial charge in [-0.15, -0.1) is 0 Å². The minimum Gasteiger partial charge on any atom is -0.475 e. The van der Waals surface area contributed by atoms with E-state index in [1.807, 2.05) is 6.07 Å². The molecule has 146 valence electrons. The molecule has 1 heterocycles. The smallest absolute Gasteiger partial charge is 0.356 e. The van der Waals surface area contributed by atoms with Crippen LogP contribution in [-0.2, 0) is 24.8 Å². The Morgan fingerprint density at radius 3 is 2.27 bits per heavy atom. The molecule has 0 aliphatic heterocycles. The fourth-order valence-corrected chi connectivity index (χ4v) is 3.77. The number of nitriles is 1. The molecule has 1 aromatic heterocycles. The molecule has 0 saturated carbocycles. The van der Waals surface area contributed by atoms with E-state index in [2.05, 4.69) is 9.97 Å². The highest BCUT2D eigenvalue weighted by Gasteiger charge is 2.28. The Morgan fingerprint density at radius 2 is 1.73 bits per heavy atom. The topological polar surface area (TPSA) is 156 Å². The zero-order chi connectivity index (χ0) is 19.7. The summed E-state index contributed by atoms with van der Waals surface area (Å²) in [7, 11) is -3.37. The quantitative estimate of drug-likeness (QED) is 0.426. The fraction of sp³-hybridized carbons (Fsp3) is 0.667. The van der Waals surface area contributed by atoms with E-state index in [9.17, 15) is 4.57 Å². The molecule has 4 N–H and O–H groups in total. The number of aromatic nitrogens is 2. The first kappa shape index (κ1) is 22.1. The molecule has 1 aromatic rings. The SMILES string of the molecule is CC(C)OP(=O)(COCCOc1nc(N)nc(N)c1CC#N)OC(C)C. The molecule has 11 heteroatoms. The van der Waals surface area contributed by atoms with E-state index in [4.69, 9.17) is 35.3 Å². The van der Waals surface area contributed by atoms with Crippen LogP contribution in [0.15, 0.2) is 0 Å². The molecule has 0 aliphatic carbocycles. The zero-order valence-corrected chi connectivity index (χ0v) is 16.4. The molecule has 0 fully saturated rings. The monoisotopic (exact) mass is 387 g/mol. The van der Waals surface area contributed by atoms with Crippen LogP contribution in [-0.4, -0.2) is 41.7 Å². The average Bonchev–Trinajstić information content (AvgIpc) is 2.48. The molecule has 0 atom stereocenters. The van der Waals surface area contributed by atoms with Crippen LogP contribution in [0.25, 0.3) is 0 Å². The summed E-state index contributed by atoms with van der Waals surface area (Å²) >= 11 is 0. The Hall–Kier alpha value is -1.92. The van der Waals surface area contributed by atoms with E-state index in [0.29, 0.717) is 5.56 Å². The van der Waals surface area contributed by atoms with Crippen molar-refractivity contribution in [2.24, 2.45) is 0 Å². The molecule has 0 unspecified atom stereocenters. The molecular weight excluding hydrogens is 361 g/mol. The van der Waals surface area contributed by atoms with E-state index in [0.717, 1.165) is 0 Å². The first-order valence-electron chi connectivity index (χ1n) is 8.12. The van der Waals surface area contributed by atoms with Gasteiger partial charge >= 0.3 is 7.60 Å². The summed E-state index contributed by atoms with van der Waals surface area (Å²) in [6.07, 6.45) is -0.742. The summed E-state index contributed by atoms with van der Waals surface area (Å²) in [6.45, 7) is 7.24. The van der Waals surface area contributed by atoms with Crippen molar-refractivity contribution in [3.63, 3.8) is 0 Å². The molecule has 0 saturated heterocycles. The number of rotatable bonds is 11. The van der Waals surface area contributed by atoms with Crippen LogP contribution < -0.4 is 16.2 Å². The summed E-state index contributed by atoms with van der Waals surface area (Å²) in [5.41, 5.74) is 11.6. The third kappa shape index (κ3) is 7.54. The van der Waals surface area contributed by atoms with Gasteiger partial charge in [0.15, 0.2) is 0 Å². The average molecular weight is 387 g/mol. The molecule has 0 spiro atoms. The van der Waals surface area contributed by atoms with Gasteiger partial charge in [0.2, 0.25) is 11.8 Å². The molecule has 10 nitrogen and oxygen atoms in total. The van der Waals surface area contributed by atoms with E-state index in [-0.39, 0.29) is 55.8 Å². The minimum atomic E-state index is -3.37. The number of nitrogens with two attached hydrogens (primary N) is 2. The lowest BCUT2D eigenvalue weighted by Crippen LogP contribution is -2.15. The molecule has 26 heavy (non-hydrogen) atoms. The van der Waals surface area contributed by atoms with Gasteiger partial charge in [-0.25, -0.2) is 0 Å². The summed E-state index contributed by atoms with van der Waals surface area (Å²) in [4.78, 5) is 7.73. The minimum absolute atomic E-state index is 0.0119. The molecule has 0 aromatic carbocycles. The second-order valence-corrected chi connectivity index (χ2v) is 7.79. The van der Waals surface area contributed by atoms with Crippen molar-refractivity contribution >= 4 is 19.4 Å². The summed E-state index contributed by atoms with van der Waals surface area (Å²) in [5, 5.41) is 8.85. The molecule has 0 radical (unpaired) electrons. The Morgan fingerprint density at radius 1 is 1.12 bits per heavy atom. The molecule has 0 bridgehead atoms. The highest BCUT2D eigenvalue weighted by Crippen LogP contribution is 2.50. The Labute approximate surface area is 153 Å². The number of hydrogen-bond acceptors (Lipinski definition) is 10. The van der Waals surface area contributed by atoms with Crippen LogP contribution in [0, 0.1) is 11.3 Å². The van der Waals surface area contributed by atoms with Crippen molar-refractivity contribution in [2.45, 2.75) is 46.3 Å². The normalized spacial score (nSPS) is 11.7. The predicted octanol–water partition coefficient (Wildman–Crippen LogP) is 2.10. The van der Waals surface area contributed by atoms with Crippen molar-refractivity contribution < 1.29 is 23.1 Å². The number of ether oxygens (including phenoxy) is 2. The number of nitrogens with zero attached hydrogens (tertiary/aromatic N) is 3.